The zero-order valence-corrected chi connectivity index (χ0v) is 16.5. The number of amides is 1. The van der Waals surface area contributed by atoms with Gasteiger partial charge in [0.15, 0.2) is 9.84 Å². The van der Waals surface area contributed by atoms with Crippen LogP contribution in [0, 0.1) is 0 Å². The number of aromatic nitrogens is 4. The molecule has 2 heterocycles. The fourth-order valence-corrected chi connectivity index (χ4v) is 5.52. The monoisotopic (exact) mass is 415 g/mol. The average Bonchev–Trinajstić information content (AvgIpc) is 3.21. The molecule has 1 aromatic carbocycles. The van der Waals surface area contributed by atoms with Gasteiger partial charge >= 0.3 is 0 Å². The number of hydrogen-bond donors (Lipinski definition) is 0. The molecule has 0 aliphatic carbocycles. The van der Waals surface area contributed by atoms with Crippen molar-refractivity contribution >= 4 is 39.1 Å². The first-order chi connectivity index (χ1) is 12.4. The molecular formula is C15H18ClN5O3S2. The van der Waals surface area contributed by atoms with E-state index in [0.29, 0.717) is 23.1 Å². The van der Waals surface area contributed by atoms with Gasteiger partial charge in [0, 0.05) is 17.6 Å². The maximum Gasteiger partial charge on any atom is 0.233 e. The normalized spacial score (nSPS) is 18.8. The predicted molar refractivity (Wildman–Crippen MR) is 99.3 cm³/mol. The summed E-state index contributed by atoms with van der Waals surface area (Å²) < 4.78 is 24.9. The topological polar surface area (TPSA) is 98.1 Å². The molecule has 1 saturated heterocycles. The Kier molecular flexibility index (Phi) is 5.83. The lowest BCUT2D eigenvalue weighted by Gasteiger charge is -2.26. The number of hydrogen-bond acceptors (Lipinski definition) is 7. The van der Waals surface area contributed by atoms with Gasteiger partial charge in [-0.2, -0.15) is 4.68 Å². The Hall–Kier alpha value is -1.65. The Balaban J connectivity index is 1.66. The van der Waals surface area contributed by atoms with Crippen molar-refractivity contribution in [1.82, 2.24) is 25.1 Å². The van der Waals surface area contributed by atoms with Gasteiger partial charge in [-0.3, -0.25) is 4.79 Å². The van der Waals surface area contributed by atoms with Crippen molar-refractivity contribution in [2.75, 3.05) is 23.8 Å². The first-order valence-electron chi connectivity index (χ1n) is 8.06. The highest BCUT2D eigenvalue weighted by atomic mass is 35.5. The molecule has 1 aromatic heterocycles. The maximum absolute atomic E-state index is 12.6. The summed E-state index contributed by atoms with van der Waals surface area (Å²) in [5.41, 5.74) is 0.739. The largest absolute Gasteiger partial charge is 0.338 e. The second-order valence-corrected chi connectivity index (χ2v) is 9.48. The van der Waals surface area contributed by atoms with E-state index in [-0.39, 0.29) is 29.2 Å². The number of nitrogens with zero attached hydrogens (tertiary/aromatic N) is 5. The van der Waals surface area contributed by atoms with Crippen molar-refractivity contribution in [1.29, 1.82) is 0 Å². The van der Waals surface area contributed by atoms with Crippen molar-refractivity contribution in [2.45, 2.75) is 24.5 Å². The van der Waals surface area contributed by atoms with Gasteiger partial charge in [-0.1, -0.05) is 23.4 Å². The van der Waals surface area contributed by atoms with Crippen molar-refractivity contribution < 1.29 is 13.2 Å². The van der Waals surface area contributed by atoms with Gasteiger partial charge in [0.2, 0.25) is 11.1 Å². The first-order valence-corrected chi connectivity index (χ1v) is 11.2. The fourth-order valence-electron chi connectivity index (χ4n) is 2.88. The van der Waals surface area contributed by atoms with Crippen LogP contribution in [0.2, 0.25) is 5.02 Å². The zero-order valence-electron chi connectivity index (χ0n) is 14.1. The van der Waals surface area contributed by atoms with E-state index in [1.54, 1.807) is 29.2 Å². The Morgan fingerprint density at radius 2 is 2.12 bits per heavy atom. The summed E-state index contributed by atoms with van der Waals surface area (Å²) in [5.74, 6) is 0.201. The molecule has 0 radical (unpaired) electrons. The van der Waals surface area contributed by atoms with Crippen LogP contribution in [0.15, 0.2) is 29.4 Å². The van der Waals surface area contributed by atoms with Crippen LogP contribution in [0.3, 0.4) is 0 Å². The molecular weight excluding hydrogens is 398 g/mol. The lowest BCUT2D eigenvalue weighted by atomic mass is 10.2. The van der Waals surface area contributed by atoms with E-state index >= 15 is 0 Å². The summed E-state index contributed by atoms with van der Waals surface area (Å²) in [6.45, 7) is 2.33. The van der Waals surface area contributed by atoms with Crippen LogP contribution in [-0.4, -0.2) is 69.3 Å². The van der Waals surface area contributed by atoms with Gasteiger partial charge in [0.25, 0.3) is 0 Å². The molecule has 0 spiro atoms. The molecule has 26 heavy (non-hydrogen) atoms. The summed E-state index contributed by atoms with van der Waals surface area (Å²) in [5, 5.41) is 12.7. The molecule has 0 bridgehead atoms. The van der Waals surface area contributed by atoms with Crippen molar-refractivity contribution in [3.05, 3.63) is 29.3 Å². The summed E-state index contributed by atoms with van der Waals surface area (Å²) in [4.78, 5) is 14.2. The highest BCUT2D eigenvalue weighted by molar-refractivity contribution is 7.99. The minimum atomic E-state index is -3.04. The molecule has 1 aliphatic heterocycles. The minimum Gasteiger partial charge on any atom is -0.338 e. The van der Waals surface area contributed by atoms with Crippen LogP contribution in [0.25, 0.3) is 5.69 Å². The second-order valence-electron chi connectivity index (χ2n) is 5.87. The predicted octanol–water partition coefficient (Wildman–Crippen LogP) is 1.44. The minimum absolute atomic E-state index is 0.0414. The molecule has 1 atom stereocenters. The molecule has 3 rings (SSSR count). The smallest absolute Gasteiger partial charge is 0.233 e. The third-order valence-electron chi connectivity index (χ3n) is 4.15. The van der Waals surface area contributed by atoms with Crippen LogP contribution < -0.4 is 0 Å². The Morgan fingerprint density at radius 3 is 2.73 bits per heavy atom. The van der Waals surface area contributed by atoms with Gasteiger partial charge < -0.3 is 4.90 Å². The van der Waals surface area contributed by atoms with Crippen LogP contribution >= 0.6 is 23.4 Å². The van der Waals surface area contributed by atoms with E-state index in [1.165, 1.54) is 16.4 Å². The van der Waals surface area contributed by atoms with E-state index in [1.807, 2.05) is 6.92 Å². The lowest BCUT2D eigenvalue weighted by Crippen LogP contribution is -2.42. The first kappa shape index (κ1) is 19.1. The van der Waals surface area contributed by atoms with Gasteiger partial charge in [0.1, 0.15) is 0 Å². The molecule has 0 saturated carbocycles. The van der Waals surface area contributed by atoms with Crippen molar-refractivity contribution in [3.63, 3.8) is 0 Å². The van der Waals surface area contributed by atoms with E-state index in [2.05, 4.69) is 15.5 Å². The molecule has 0 unspecified atom stereocenters. The highest BCUT2D eigenvalue weighted by Gasteiger charge is 2.33. The Labute approximate surface area is 160 Å². The van der Waals surface area contributed by atoms with Gasteiger partial charge in [0.05, 0.1) is 22.9 Å². The number of rotatable bonds is 6. The molecule has 1 aliphatic rings. The van der Waals surface area contributed by atoms with Crippen LogP contribution in [0.4, 0.5) is 0 Å². The fraction of sp³-hybridized carbons (Fsp3) is 0.467. The van der Waals surface area contributed by atoms with Gasteiger partial charge in [-0.15, -0.1) is 5.10 Å². The van der Waals surface area contributed by atoms with E-state index in [0.717, 1.165) is 5.69 Å². The van der Waals surface area contributed by atoms with Crippen molar-refractivity contribution in [2.24, 2.45) is 0 Å². The number of carbonyl (C=O) groups excluding carboxylic acids is 1. The van der Waals surface area contributed by atoms with E-state index in [4.69, 9.17) is 11.6 Å². The Bertz CT molecular complexity index is 885. The molecule has 0 N–H and O–H groups in total. The second kappa shape index (κ2) is 7.93. The standard InChI is InChI=1S/C15H18ClN5O3S2/c1-2-20(13-7-8-26(23,24)10-13)14(22)9-25-15-17-18-19-21(15)12-5-3-11(16)4-6-12/h3-6,13H,2,7-10H2,1H3/t13-/m0/s1. The maximum atomic E-state index is 12.6. The third-order valence-corrected chi connectivity index (χ3v) is 7.05. The highest BCUT2D eigenvalue weighted by Crippen LogP contribution is 2.22. The molecule has 1 fully saturated rings. The lowest BCUT2D eigenvalue weighted by molar-refractivity contribution is -0.129. The number of thioether (sulfide) groups is 1. The summed E-state index contributed by atoms with van der Waals surface area (Å²) in [6, 6.07) is 6.79. The summed E-state index contributed by atoms with van der Waals surface area (Å²) in [7, 11) is -3.04. The number of benzene rings is 1. The van der Waals surface area contributed by atoms with E-state index < -0.39 is 9.84 Å². The molecule has 11 heteroatoms. The number of tetrazole rings is 1. The quantitative estimate of drug-likeness (QED) is 0.658. The van der Waals surface area contributed by atoms with Gasteiger partial charge in [-0.25, -0.2) is 8.42 Å². The van der Waals surface area contributed by atoms with Gasteiger partial charge in [-0.05, 0) is 48.0 Å². The summed E-state index contributed by atoms with van der Waals surface area (Å²) >= 11 is 7.11. The van der Waals surface area contributed by atoms with Crippen molar-refractivity contribution in [3.8, 4) is 5.69 Å². The van der Waals surface area contributed by atoms with Crippen LogP contribution in [-0.2, 0) is 14.6 Å². The number of carbonyl (C=O) groups is 1. The third kappa shape index (κ3) is 4.36. The number of sulfone groups is 1. The van der Waals surface area contributed by atoms with Crippen LogP contribution in [0.5, 0.6) is 0 Å². The molecule has 8 nitrogen and oxygen atoms in total. The summed E-state index contributed by atoms with van der Waals surface area (Å²) in [6.07, 6.45) is 0.495. The molecule has 2 aromatic rings. The average molecular weight is 416 g/mol. The van der Waals surface area contributed by atoms with Crippen LogP contribution in [0.1, 0.15) is 13.3 Å². The van der Waals surface area contributed by atoms with E-state index in [9.17, 15) is 13.2 Å². The Morgan fingerprint density at radius 1 is 1.38 bits per heavy atom. The number of halogens is 1. The SMILES string of the molecule is CCN(C(=O)CSc1nnnn1-c1ccc(Cl)cc1)[C@H]1CCS(=O)(=O)C1. The molecule has 140 valence electrons. The molecule has 1 amide bonds. The zero-order chi connectivity index (χ0) is 18.7.